The molecule has 3 rings (SSSR count). The molecule has 0 amide bonds. The molecule has 108 valence electrons. The number of hydrogen-bond acceptors (Lipinski definition) is 2. The quantitative estimate of drug-likeness (QED) is 0.788. The van der Waals surface area contributed by atoms with Crippen LogP contribution in [-0.2, 0) is 13.6 Å². The summed E-state index contributed by atoms with van der Waals surface area (Å²) in [6.07, 6.45) is 0. The number of aromatic nitrogens is 2. The van der Waals surface area contributed by atoms with Gasteiger partial charge in [-0.3, -0.25) is 0 Å². The van der Waals surface area contributed by atoms with E-state index in [0.29, 0.717) is 0 Å². The van der Waals surface area contributed by atoms with Crippen molar-refractivity contribution in [1.29, 1.82) is 0 Å². The Morgan fingerprint density at radius 2 is 1.81 bits per heavy atom. The zero-order chi connectivity index (χ0) is 14.8. The Balaban J connectivity index is 1.80. The van der Waals surface area contributed by atoms with E-state index in [1.54, 1.807) is 0 Å². The van der Waals surface area contributed by atoms with Crippen LogP contribution in [0.25, 0.3) is 11.0 Å². The van der Waals surface area contributed by atoms with Crippen molar-refractivity contribution in [2.24, 2.45) is 7.05 Å². The first-order valence-corrected chi connectivity index (χ1v) is 7.36. The molecule has 1 unspecified atom stereocenters. The second-order valence-corrected chi connectivity index (χ2v) is 5.55. The minimum absolute atomic E-state index is 0.210. The van der Waals surface area contributed by atoms with Gasteiger partial charge in [-0.1, -0.05) is 36.4 Å². The molecule has 0 aliphatic heterocycles. The predicted octanol–water partition coefficient (Wildman–Crippen LogP) is 3.73. The number of hydrogen-bond donors (Lipinski definition) is 1. The van der Waals surface area contributed by atoms with E-state index in [1.165, 1.54) is 16.6 Å². The predicted molar refractivity (Wildman–Crippen MR) is 87.1 cm³/mol. The summed E-state index contributed by atoms with van der Waals surface area (Å²) in [5.41, 5.74) is 4.89. The Morgan fingerprint density at radius 1 is 1.10 bits per heavy atom. The van der Waals surface area contributed by atoms with E-state index in [0.717, 1.165) is 17.9 Å². The van der Waals surface area contributed by atoms with Gasteiger partial charge in [0.05, 0.1) is 17.1 Å². The summed E-state index contributed by atoms with van der Waals surface area (Å²) in [5, 5.41) is 3.57. The topological polar surface area (TPSA) is 29.9 Å². The maximum atomic E-state index is 4.75. The standard InChI is InChI=1S/C18H21N3/c1-13-8-4-5-9-15(13)12-19-14(2)18-20-16-10-6-7-11-17(16)21(18)3/h4-11,14,19H,12H2,1-3H3. The molecule has 1 aromatic heterocycles. The van der Waals surface area contributed by atoms with Crippen LogP contribution < -0.4 is 5.32 Å². The number of nitrogens with one attached hydrogen (secondary N) is 1. The largest absolute Gasteiger partial charge is 0.330 e. The van der Waals surface area contributed by atoms with E-state index in [4.69, 9.17) is 4.98 Å². The van der Waals surface area contributed by atoms with Crippen LogP contribution in [0.15, 0.2) is 48.5 Å². The highest BCUT2D eigenvalue weighted by Gasteiger charge is 2.13. The van der Waals surface area contributed by atoms with Crippen LogP contribution in [-0.4, -0.2) is 9.55 Å². The average Bonchev–Trinajstić information content (AvgIpc) is 2.84. The fraction of sp³-hybridized carbons (Fsp3) is 0.278. The van der Waals surface area contributed by atoms with Gasteiger partial charge in [-0.05, 0) is 37.1 Å². The smallest absolute Gasteiger partial charge is 0.126 e. The van der Waals surface area contributed by atoms with Crippen molar-refractivity contribution < 1.29 is 0 Å². The lowest BCUT2D eigenvalue weighted by Gasteiger charge is -2.15. The number of nitrogens with zero attached hydrogens (tertiary/aromatic N) is 2. The number of rotatable bonds is 4. The number of para-hydroxylation sites is 2. The van der Waals surface area contributed by atoms with E-state index in [1.807, 2.05) is 6.07 Å². The highest BCUT2D eigenvalue weighted by Crippen LogP contribution is 2.19. The maximum absolute atomic E-state index is 4.75. The van der Waals surface area contributed by atoms with E-state index in [9.17, 15) is 0 Å². The lowest BCUT2D eigenvalue weighted by molar-refractivity contribution is 0.532. The molecule has 0 radical (unpaired) electrons. The third-order valence-electron chi connectivity index (χ3n) is 4.07. The Labute approximate surface area is 125 Å². The van der Waals surface area contributed by atoms with Crippen LogP contribution >= 0.6 is 0 Å². The molecule has 0 saturated carbocycles. The van der Waals surface area contributed by atoms with E-state index in [2.05, 4.69) is 73.2 Å². The normalized spacial score (nSPS) is 12.7. The van der Waals surface area contributed by atoms with Gasteiger partial charge in [0.2, 0.25) is 0 Å². The molecule has 0 aliphatic rings. The SMILES string of the molecule is Cc1ccccc1CNC(C)c1nc2ccccc2n1C. The molecule has 21 heavy (non-hydrogen) atoms. The summed E-state index contributed by atoms with van der Waals surface area (Å²) in [5.74, 6) is 1.07. The number of fused-ring (bicyclic) bond motifs is 1. The summed E-state index contributed by atoms with van der Waals surface area (Å²) in [6.45, 7) is 5.17. The first-order valence-electron chi connectivity index (χ1n) is 7.36. The minimum Gasteiger partial charge on any atom is -0.330 e. The third kappa shape index (κ3) is 2.69. The average molecular weight is 279 g/mol. The summed E-state index contributed by atoms with van der Waals surface area (Å²) in [7, 11) is 2.08. The molecular weight excluding hydrogens is 258 g/mol. The monoisotopic (exact) mass is 279 g/mol. The summed E-state index contributed by atoms with van der Waals surface area (Å²) >= 11 is 0. The Kier molecular flexibility index (Phi) is 3.76. The van der Waals surface area contributed by atoms with Gasteiger partial charge in [0.25, 0.3) is 0 Å². The number of benzene rings is 2. The van der Waals surface area contributed by atoms with Gasteiger partial charge in [0.15, 0.2) is 0 Å². The minimum atomic E-state index is 0.210. The molecule has 1 heterocycles. The van der Waals surface area contributed by atoms with Crippen LogP contribution in [0.3, 0.4) is 0 Å². The molecule has 3 heteroatoms. The highest BCUT2D eigenvalue weighted by molar-refractivity contribution is 5.75. The fourth-order valence-electron chi connectivity index (χ4n) is 2.71. The summed E-state index contributed by atoms with van der Waals surface area (Å²) in [4.78, 5) is 4.75. The molecule has 0 bridgehead atoms. The van der Waals surface area contributed by atoms with Crippen molar-refractivity contribution in [2.75, 3.05) is 0 Å². The molecule has 0 fully saturated rings. The summed E-state index contributed by atoms with van der Waals surface area (Å²) < 4.78 is 2.17. The Morgan fingerprint density at radius 3 is 2.57 bits per heavy atom. The zero-order valence-electron chi connectivity index (χ0n) is 12.8. The first-order chi connectivity index (χ1) is 10.2. The van der Waals surface area contributed by atoms with Crippen molar-refractivity contribution in [1.82, 2.24) is 14.9 Å². The first kappa shape index (κ1) is 13.8. The van der Waals surface area contributed by atoms with Crippen LogP contribution in [0.2, 0.25) is 0 Å². The molecular formula is C18H21N3. The van der Waals surface area contributed by atoms with E-state index in [-0.39, 0.29) is 6.04 Å². The van der Waals surface area contributed by atoms with Crippen molar-refractivity contribution in [3.8, 4) is 0 Å². The molecule has 0 aliphatic carbocycles. The van der Waals surface area contributed by atoms with Crippen molar-refractivity contribution in [3.05, 3.63) is 65.5 Å². The van der Waals surface area contributed by atoms with Gasteiger partial charge in [0.1, 0.15) is 5.82 Å². The highest BCUT2D eigenvalue weighted by atomic mass is 15.1. The lowest BCUT2D eigenvalue weighted by Crippen LogP contribution is -2.21. The lowest BCUT2D eigenvalue weighted by atomic mass is 10.1. The summed E-state index contributed by atoms with van der Waals surface area (Å²) in [6, 6.07) is 17.0. The van der Waals surface area contributed by atoms with Crippen molar-refractivity contribution in [3.63, 3.8) is 0 Å². The van der Waals surface area contributed by atoms with Gasteiger partial charge in [0, 0.05) is 13.6 Å². The van der Waals surface area contributed by atoms with Gasteiger partial charge in [-0.2, -0.15) is 0 Å². The van der Waals surface area contributed by atoms with E-state index >= 15 is 0 Å². The van der Waals surface area contributed by atoms with Crippen LogP contribution in [0, 0.1) is 6.92 Å². The Hall–Kier alpha value is -2.13. The van der Waals surface area contributed by atoms with Crippen molar-refractivity contribution in [2.45, 2.75) is 26.4 Å². The molecule has 3 aromatic rings. The van der Waals surface area contributed by atoms with Crippen LogP contribution in [0.4, 0.5) is 0 Å². The second-order valence-electron chi connectivity index (χ2n) is 5.55. The van der Waals surface area contributed by atoms with Gasteiger partial charge in [-0.15, -0.1) is 0 Å². The molecule has 1 N–H and O–H groups in total. The van der Waals surface area contributed by atoms with E-state index < -0.39 is 0 Å². The second kappa shape index (κ2) is 5.70. The molecule has 0 saturated heterocycles. The van der Waals surface area contributed by atoms with Gasteiger partial charge < -0.3 is 9.88 Å². The third-order valence-corrected chi connectivity index (χ3v) is 4.07. The van der Waals surface area contributed by atoms with Gasteiger partial charge in [-0.25, -0.2) is 4.98 Å². The zero-order valence-corrected chi connectivity index (χ0v) is 12.8. The molecule has 3 nitrogen and oxygen atoms in total. The molecule has 2 aromatic carbocycles. The number of aryl methyl sites for hydroxylation is 2. The van der Waals surface area contributed by atoms with Crippen LogP contribution in [0.1, 0.15) is 29.9 Å². The molecule has 1 atom stereocenters. The molecule has 0 spiro atoms. The fourth-order valence-corrected chi connectivity index (χ4v) is 2.71. The maximum Gasteiger partial charge on any atom is 0.126 e. The van der Waals surface area contributed by atoms with Crippen molar-refractivity contribution >= 4 is 11.0 Å². The van der Waals surface area contributed by atoms with Gasteiger partial charge >= 0.3 is 0 Å². The number of imidazole rings is 1. The Bertz CT molecular complexity index is 758. The van der Waals surface area contributed by atoms with Crippen LogP contribution in [0.5, 0.6) is 0 Å².